The van der Waals surface area contributed by atoms with Crippen molar-refractivity contribution >= 4 is 28.7 Å². The highest BCUT2D eigenvalue weighted by atomic mass is 16.5. The van der Waals surface area contributed by atoms with Gasteiger partial charge in [-0.25, -0.2) is 4.79 Å². The van der Waals surface area contributed by atoms with Gasteiger partial charge in [0.15, 0.2) is 5.78 Å². The summed E-state index contributed by atoms with van der Waals surface area (Å²) >= 11 is 0. The minimum Gasteiger partial charge on any atom is -0.489 e. The van der Waals surface area contributed by atoms with Crippen LogP contribution in [0.25, 0.3) is 17.0 Å². The molecule has 0 unspecified atom stereocenters. The van der Waals surface area contributed by atoms with E-state index in [1.807, 2.05) is 80.6 Å². The van der Waals surface area contributed by atoms with Crippen LogP contribution in [-0.2, 0) is 11.4 Å². The zero-order valence-corrected chi connectivity index (χ0v) is 23.0. The molecule has 0 radical (unpaired) electrons. The Balaban J connectivity index is 1.53. The number of nitrogens with zero attached hydrogens (tertiary/aromatic N) is 1. The van der Waals surface area contributed by atoms with E-state index >= 15 is 0 Å². The Hall–Kier alpha value is -5.23. The van der Waals surface area contributed by atoms with E-state index in [1.165, 1.54) is 0 Å². The molecule has 41 heavy (non-hydrogen) atoms. The molecule has 5 aromatic rings. The van der Waals surface area contributed by atoms with E-state index in [0.717, 1.165) is 22.3 Å². The van der Waals surface area contributed by atoms with Gasteiger partial charge in [-0.3, -0.25) is 9.78 Å². The molecule has 0 amide bonds. The molecule has 0 atom stereocenters. The lowest BCUT2D eigenvalue weighted by Crippen LogP contribution is -2.06. The zero-order chi connectivity index (χ0) is 28.9. The van der Waals surface area contributed by atoms with Gasteiger partial charge < -0.3 is 14.6 Å². The molecule has 0 aliphatic carbocycles. The molecule has 1 heterocycles. The second kappa shape index (κ2) is 11.9. The van der Waals surface area contributed by atoms with Crippen LogP contribution in [-0.4, -0.2) is 21.8 Å². The van der Waals surface area contributed by atoms with E-state index in [-0.39, 0.29) is 11.4 Å². The van der Waals surface area contributed by atoms with Crippen LogP contribution >= 0.6 is 0 Å². The van der Waals surface area contributed by atoms with Crippen molar-refractivity contribution in [2.24, 2.45) is 0 Å². The molecule has 0 aliphatic rings. The molecule has 6 heteroatoms. The van der Waals surface area contributed by atoms with Crippen LogP contribution in [0.5, 0.6) is 17.2 Å². The molecular formula is C35H29NO5. The van der Waals surface area contributed by atoms with Gasteiger partial charge in [0.25, 0.3) is 0 Å². The third kappa shape index (κ3) is 6.50. The molecule has 0 bridgehead atoms. The first-order chi connectivity index (χ1) is 19.8. The standard InChI is InChI=1S/C35H29NO5/c1-22-15-23(2)17-27(16-22)33(37)31-20-36-32-19-29(40-21-26-7-5-4-6-8-26)13-14-30(32)34(31)41-28-11-9-25(10-12-28)18-24(3)35(38)39/h4-20H,21H2,1-3H3,(H,38,39)/b24-18+. The summed E-state index contributed by atoms with van der Waals surface area (Å²) in [4.78, 5) is 29.6. The first-order valence-corrected chi connectivity index (χ1v) is 13.2. The van der Waals surface area contributed by atoms with Crippen LogP contribution in [0, 0.1) is 13.8 Å². The summed E-state index contributed by atoms with van der Waals surface area (Å²) < 4.78 is 12.4. The number of aryl methyl sites for hydroxylation is 2. The van der Waals surface area contributed by atoms with Crippen LogP contribution in [0.4, 0.5) is 0 Å². The predicted octanol–water partition coefficient (Wildman–Crippen LogP) is 7.94. The van der Waals surface area contributed by atoms with E-state index in [9.17, 15) is 14.7 Å². The predicted molar refractivity (Wildman–Crippen MR) is 160 cm³/mol. The highest BCUT2D eigenvalue weighted by Gasteiger charge is 2.20. The fourth-order valence-corrected chi connectivity index (χ4v) is 4.57. The van der Waals surface area contributed by atoms with Gasteiger partial charge in [-0.05, 0) is 74.4 Å². The second-order valence-electron chi connectivity index (χ2n) is 9.96. The Morgan fingerprint density at radius 2 is 1.54 bits per heavy atom. The number of carboxylic acid groups (broad SMARTS) is 1. The van der Waals surface area contributed by atoms with Crippen molar-refractivity contribution in [3.8, 4) is 17.2 Å². The maximum absolute atomic E-state index is 13.8. The van der Waals surface area contributed by atoms with Gasteiger partial charge in [-0.15, -0.1) is 0 Å². The minimum atomic E-state index is -0.977. The van der Waals surface area contributed by atoms with E-state index in [2.05, 4.69) is 4.98 Å². The molecule has 4 aromatic carbocycles. The Bertz CT molecular complexity index is 1750. The van der Waals surface area contributed by atoms with E-state index in [1.54, 1.807) is 43.5 Å². The maximum atomic E-state index is 13.8. The lowest BCUT2D eigenvalue weighted by Gasteiger charge is -2.15. The van der Waals surface area contributed by atoms with Crippen LogP contribution in [0.2, 0.25) is 0 Å². The number of ether oxygens (including phenoxy) is 2. The summed E-state index contributed by atoms with van der Waals surface area (Å²) in [7, 11) is 0. The average Bonchev–Trinajstić information content (AvgIpc) is 2.96. The number of aromatic nitrogens is 1. The van der Waals surface area contributed by atoms with Crippen molar-refractivity contribution in [2.45, 2.75) is 27.4 Å². The molecule has 6 nitrogen and oxygen atoms in total. The number of carboxylic acids is 1. The van der Waals surface area contributed by atoms with Gasteiger partial charge in [0.2, 0.25) is 0 Å². The number of benzene rings is 4. The van der Waals surface area contributed by atoms with Gasteiger partial charge in [0.1, 0.15) is 23.9 Å². The molecular weight excluding hydrogens is 514 g/mol. The number of carbonyl (C=O) groups excluding carboxylic acids is 1. The van der Waals surface area contributed by atoms with Crippen molar-refractivity contribution in [2.75, 3.05) is 0 Å². The van der Waals surface area contributed by atoms with E-state index < -0.39 is 5.97 Å². The number of pyridine rings is 1. The van der Waals surface area contributed by atoms with Crippen molar-refractivity contribution in [1.82, 2.24) is 4.98 Å². The Labute approximate surface area is 238 Å². The monoisotopic (exact) mass is 543 g/mol. The molecule has 0 saturated carbocycles. The molecule has 0 saturated heterocycles. The number of fused-ring (bicyclic) bond motifs is 1. The fourth-order valence-electron chi connectivity index (χ4n) is 4.57. The van der Waals surface area contributed by atoms with Crippen LogP contribution < -0.4 is 9.47 Å². The molecule has 204 valence electrons. The molecule has 0 fully saturated rings. The summed E-state index contributed by atoms with van der Waals surface area (Å²) in [5, 5.41) is 9.84. The fraction of sp³-hybridized carbons (Fsp3) is 0.114. The van der Waals surface area contributed by atoms with E-state index in [4.69, 9.17) is 9.47 Å². The smallest absolute Gasteiger partial charge is 0.331 e. The number of hydrogen-bond donors (Lipinski definition) is 1. The third-order valence-electron chi connectivity index (χ3n) is 6.59. The number of rotatable bonds is 9. The van der Waals surface area contributed by atoms with Gasteiger partial charge in [-0.1, -0.05) is 59.7 Å². The largest absolute Gasteiger partial charge is 0.489 e. The van der Waals surface area contributed by atoms with Crippen LogP contribution in [0.15, 0.2) is 103 Å². The molecule has 0 spiro atoms. The minimum absolute atomic E-state index is 0.192. The topological polar surface area (TPSA) is 85.7 Å². The normalized spacial score (nSPS) is 11.3. The Morgan fingerprint density at radius 1 is 0.854 bits per heavy atom. The van der Waals surface area contributed by atoms with Gasteiger partial charge in [0, 0.05) is 28.8 Å². The van der Waals surface area contributed by atoms with Gasteiger partial charge in [0.05, 0.1) is 11.1 Å². The first-order valence-electron chi connectivity index (χ1n) is 13.2. The number of hydrogen-bond acceptors (Lipinski definition) is 5. The second-order valence-corrected chi connectivity index (χ2v) is 9.96. The highest BCUT2D eigenvalue weighted by Crippen LogP contribution is 2.36. The van der Waals surface area contributed by atoms with Gasteiger partial charge >= 0.3 is 5.97 Å². The molecule has 1 N–H and O–H groups in total. The number of carbonyl (C=O) groups is 2. The lowest BCUT2D eigenvalue weighted by atomic mass is 9.98. The summed E-state index contributed by atoms with van der Waals surface area (Å²) in [6.45, 7) is 5.87. The third-order valence-corrected chi connectivity index (χ3v) is 6.59. The molecule has 1 aromatic heterocycles. The Morgan fingerprint density at radius 3 is 2.22 bits per heavy atom. The average molecular weight is 544 g/mol. The van der Waals surface area contributed by atoms with Crippen LogP contribution in [0.3, 0.4) is 0 Å². The SMILES string of the molecule is C/C(=C\c1ccc(Oc2c(C(=O)c3cc(C)cc(C)c3)cnc3cc(OCc4ccccc4)ccc23)cc1)C(=O)O. The summed E-state index contributed by atoms with van der Waals surface area (Å²) in [6, 6.07) is 28.2. The summed E-state index contributed by atoms with van der Waals surface area (Å²) in [6.07, 6.45) is 3.13. The Kier molecular flexibility index (Phi) is 7.92. The van der Waals surface area contributed by atoms with Crippen LogP contribution in [0.1, 0.15) is 45.1 Å². The van der Waals surface area contributed by atoms with Crippen molar-refractivity contribution in [3.05, 3.63) is 136 Å². The molecule has 5 rings (SSSR count). The summed E-state index contributed by atoms with van der Waals surface area (Å²) in [5.41, 5.74) is 5.51. The lowest BCUT2D eigenvalue weighted by molar-refractivity contribution is -0.132. The number of ketones is 1. The zero-order valence-electron chi connectivity index (χ0n) is 23.0. The molecule has 0 aliphatic heterocycles. The highest BCUT2D eigenvalue weighted by molar-refractivity contribution is 6.13. The first kappa shape index (κ1) is 27.3. The van der Waals surface area contributed by atoms with Crippen molar-refractivity contribution < 1.29 is 24.2 Å². The summed E-state index contributed by atoms with van der Waals surface area (Å²) in [5.74, 6) is 0.371. The van der Waals surface area contributed by atoms with Crippen molar-refractivity contribution in [3.63, 3.8) is 0 Å². The maximum Gasteiger partial charge on any atom is 0.331 e. The van der Waals surface area contributed by atoms with E-state index in [0.29, 0.717) is 45.9 Å². The van der Waals surface area contributed by atoms with Crippen molar-refractivity contribution in [1.29, 1.82) is 0 Å². The quantitative estimate of drug-likeness (QED) is 0.150. The number of aliphatic carboxylic acids is 1. The van der Waals surface area contributed by atoms with Gasteiger partial charge in [-0.2, -0.15) is 0 Å².